The van der Waals surface area contributed by atoms with E-state index in [2.05, 4.69) is 0 Å². The topological polar surface area (TPSA) is 26.3 Å². The van der Waals surface area contributed by atoms with Crippen LogP contribution in [0.5, 0.6) is 0 Å². The fourth-order valence-electron chi connectivity index (χ4n) is 1.55. The van der Waals surface area contributed by atoms with Gasteiger partial charge in [0.05, 0.1) is 12.2 Å². The van der Waals surface area contributed by atoms with E-state index >= 15 is 0 Å². The van der Waals surface area contributed by atoms with E-state index in [-0.39, 0.29) is 5.97 Å². The Morgan fingerprint density at radius 3 is 3.00 bits per heavy atom. The van der Waals surface area contributed by atoms with Crippen molar-refractivity contribution in [3.05, 3.63) is 34.9 Å². The summed E-state index contributed by atoms with van der Waals surface area (Å²) < 4.78 is 4.95. The Bertz CT molecular complexity index is 329. The number of cyclic esters (lactones) is 1. The van der Waals surface area contributed by atoms with E-state index in [9.17, 15) is 4.79 Å². The second-order valence-corrected chi connectivity index (χ2v) is 2.99. The van der Waals surface area contributed by atoms with Crippen LogP contribution >= 0.6 is 0 Å². The maximum absolute atomic E-state index is 11.3. The molecule has 0 radical (unpaired) electrons. The number of hydrogen-bond donors (Lipinski definition) is 0. The van der Waals surface area contributed by atoms with Crippen LogP contribution in [0, 0.1) is 6.92 Å². The third-order valence-electron chi connectivity index (χ3n) is 2.17. The number of aryl methyl sites for hydroxylation is 1. The number of carbonyl (C=O) groups excluding carboxylic acids is 1. The first-order valence-electron chi connectivity index (χ1n) is 4.04. The maximum Gasteiger partial charge on any atom is 0.338 e. The van der Waals surface area contributed by atoms with Crippen molar-refractivity contribution in [2.45, 2.75) is 13.3 Å². The van der Waals surface area contributed by atoms with Gasteiger partial charge in [-0.1, -0.05) is 18.2 Å². The van der Waals surface area contributed by atoms with Crippen molar-refractivity contribution in [3.63, 3.8) is 0 Å². The molecule has 0 fully saturated rings. The predicted molar refractivity (Wildman–Crippen MR) is 45.2 cm³/mol. The van der Waals surface area contributed by atoms with Gasteiger partial charge in [-0.25, -0.2) is 4.79 Å². The molecule has 0 unspecified atom stereocenters. The molecule has 0 saturated carbocycles. The average Bonchev–Trinajstić information content (AvgIpc) is 2.04. The van der Waals surface area contributed by atoms with Gasteiger partial charge in [0, 0.05) is 6.42 Å². The van der Waals surface area contributed by atoms with Crippen LogP contribution in [-0.2, 0) is 11.2 Å². The first-order valence-corrected chi connectivity index (χ1v) is 4.04. The zero-order valence-electron chi connectivity index (χ0n) is 6.96. The van der Waals surface area contributed by atoms with E-state index in [1.54, 1.807) is 0 Å². The molecule has 0 atom stereocenters. The summed E-state index contributed by atoms with van der Waals surface area (Å²) in [5, 5.41) is 0. The molecule has 1 aromatic carbocycles. The molecule has 0 amide bonds. The molecule has 2 rings (SSSR count). The van der Waals surface area contributed by atoms with Gasteiger partial charge in [0.15, 0.2) is 0 Å². The summed E-state index contributed by atoms with van der Waals surface area (Å²) in [5.74, 6) is -0.172. The number of rotatable bonds is 0. The highest BCUT2D eigenvalue weighted by atomic mass is 16.5. The second-order valence-electron chi connectivity index (χ2n) is 2.99. The number of hydrogen-bond acceptors (Lipinski definition) is 2. The lowest BCUT2D eigenvalue weighted by Gasteiger charge is -2.16. The molecule has 2 nitrogen and oxygen atoms in total. The van der Waals surface area contributed by atoms with Crippen molar-refractivity contribution < 1.29 is 9.53 Å². The molecule has 0 aliphatic carbocycles. The molecule has 62 valence electrons. The van der Waals surface area contributed by atoms with E-state index in [1.165, 1.54) is 0 Å². The van der Waals surface area contributed by atoms with Crippen molar-refractivity contribution in [1.82, 2.24) is 0 Å². The average molecular weight is 162 g/mol. The van der Waals surface area contributed by atoms with Crippen molar-refractivity contribution in [1.29, 1.82) is 0 Å². The summed E-state index contributed by atoms with van der Waals surface area (Å²) in [7, 11) is 0. The maximum atomic E-state index is 11.3. The van der Waals surface area contributed by atoms with Crippen LogP contribution < -0.4 is 0 Å². The van der Waals surface area contributed by atoms with Crippen molar-refractivity contribution in [3.8, 4) is 0 Å². The van der Waals surface area contributed by atoms with Crippen LogP contribution in [-0.4, -0.2) is 12.6 Å². The Labute approximate surface area is 71.2 Å². The van der Waals surface area contributed by atoms with Crippen molar-refractivity contribution in [2.75, 3.05) is 6.61 Å². The Kier molecular flexibility index (Phi) is 1.61. The molecule has 1 heterocycles. The molecule has 0 spiro atoms. The first kappa shape index (κ1) is 7.35. The van der Waals surface area contributed by atoms with Crippen molar-refractivity contribution in [2.24, 2.45) is 0 Å². The van der Waals surface area contributed by atoms with E-state index in [0.29, 0.717) is 6.61 Å². The lowest BCUT2D eigenvalue weighted by atomic mass is 9.98. The van der Waals surface area contributed by atoms with Crippen LogP contribution in [0.1, 0.15) is 21.5 Å². The largest absolute Gasteiger partial charge is 0.462 e. The number of fused-ring (bicyclic) bond motifs is 1. The normalized spacial score (nSPS) is 15.2. The quantitative estimate of drug-likeness (QED) is 0.543. The molecule has 1 aliphatic heterocycles. The third kappa shape index (κ3) is 0.998. The Morgan fingerprint density at radius 1 is 1.42 bits per heavy atom. The summed E-state index contributed by atoms with van der Waals surface area (Å²) in [6, 6.07) is 5.90. The summed E-state index contributed by atoms with van der Waals surface area (Å²) in [5.41, 5.74) is 2.90. The lowest BCUT2D eigenvalue weighted by molar-refractivity contribution is 0.0479. The van der Waals surface area contributed by atoms with E-state index in [4.69, 9.17) is 4.74 Å². The van der Waals surface area contributed by atoms with Crippen LogP contribution in [0.15, 0.2) is 18.2 Å². The van der Waals surface area contributed by atoms with Gasteiger partial charge in [-0.2, -0.15) is 0 Å². The first-order chi connectivity index (χ1) is 5.79. The molecule has 0 bridgehead atoms. The van der Waals surface area contributed by atoms with Gasteiger partial charge in [0.1, 0.15) is 0 Å². The fourth-order valence-corrected chi connectivity index (χ4v) is 1.55. The number of carbonyl (C=O) groups is 1. The fraction of sp³-hybridized carbons (Fsp3) is 0.300. The van der Waals surface area contributed by atoms with Gasteiger partial charge in [0.2, 0.25) is 0 Å². The molecule has 12 heavy (non-hydrogen) atoms. The summed E-state index contributed by atoms with van der Waals surface area (Å²) >= 11 is 0. The molecular weight excluding hydrogens is 152 g/mol. The van der Waals surface area contributed by atoms with Gasteiger partial charge in [-0.05, 0) is 18.1 Å². The van der Waals surface area contributed by atoms with E-state index < -0.39 is 0 Å². The van der Waals surface area contributed by atoms with Crippen LogP contribution in [0.25, 0.3) is 0 Å². The minimum Gasteiger partial charge on any atom is -0.462 e. The van der Waals surface area contributed by atoms with Crippen LogP contribution in [0.3, 0.4) is 0 Å². The zero-order valence-corrected chi connectivity index (χ0v) is 6.96. The van der Waals surface area contributed by atoms with Gasteiger partial charge in [0.25, 0.3) is 0 Å². The summed E-state index contributed by atoms with van der Waals surface area (Å²) in [6.07, 6.45) is 0.850. The number of ether oxygens (including phenoxy) is 1. The van der Waals surface area contributed by atoms with Crippen LogP contribution in [0.2, 0.25) is 0 Å². The highest BCUT2D eigenvalue weighted by molar-refractivity contribution is 5.93. The Balaban J connectivity index is 2.60. The molecule has 1 aromatic rings. The highest BCUT2D eigenvalue weighted by Gasteiger charge is 2.19. The molecule has 0 aromatic heterocycles. The molecule has 1 aliphatic rings. The lowest BCUT2D eigenvalue weighted by Crippen LogP contribution is -2.18. The van der Waals surface area contributed by atoms with Crippen molar-refractivity contribution >= 4 is 5.97 Å². The van der Waals surface area contributed by atoms with Gasteiger partial charge in [-0.15, -0.1) is 0 Å². The van der Waals surface area contributed by atoms with Gasteiger partial charge in [-0.3, -0.25) is 0 Å². The standard InChI is InChI=1S/C10H10O2/c1-7-3-2-4-8-5-6-12-10(11)9(7)8/h2-4H,5-6H2,1H3. The van der Waals surface area contributed by atoms with Gasteiger partial charge < -0.3 is 4.74 Å². The molecule has 2 heteroatoms. The number of esters is 1. The van der Waals surface area contributed by atoms with E-state index in [1.807, 2.05) is 25.1 Å². The SMILES string of the molecule is Cc1cccc2c1C(=O)OCC2. The Morgan fingerprint density at radius 2 is 2.25 bits per heavy atom. The summed E-state index contributed by atoms with van der Waals surface area (Å²) in [6.45, 7) is 2.46. The molecular formula is C10H10O2. The predicted octanol–water partition coefficient (Wildman–Crippen LogP) is 1.71. The van der Waals surface area contributed by atoms with Crippen LogP contribution in [0.4, 0.5) is 0 Å². The second kappa shape index (κ2) is 2.63. The van der Waals surface area contributed by atoms with E-state index in [0.717, 1.165) is 23.1 Å². The minimum atomic E-state index is -0.172. The Hall–Kier alpha value is -1.31. The minimum absolute atomic E-state index is 0.172. The smallest absolute Gasteiger partial charge is 0.338 e. The zero-order chi connectivity index (χ0) is 8.55. The summed E-state index contributed by atoms with van der Waals surface area (Å²) in [4.78, 5) is 11.3. The third-order valence-corrected chi connectivity index (χ3v) is 2.17. The highest BCUT2D eigenvalue weighted by Crippen LogP contribution is 2.19. The molecule has 0 N–H and O–H groups in total. The van der Waals surface area contributed by atoms with Gasteiger partial charge >= 0.3 is 5.97 Å². The monoisotopic (exact) mass is 162 g/mol. The number of benzene rings is 1. The molecule has 0 saturated heterocycles.